The molecule has 0 saturated carbocycles. The quantitative estimate of drug-likeness (QED) is 0.321. The van der Waals surface area contributed by atoms with Crippen LogP contribution in [0.3, 0.4) is 0 Å². The van der Waals surface area contributed by atoms with Crippen LogP contribution in [-0.4, -0.2) is 49.1 Å². The molecule has 0 aliphatic carbocycles. The molecule has 0 aromatic carbocycles. The fourth-order valence-corrected chi connectivity index (χ4v) is 4.58. The molecular weight excluding hydrogens is 428 g/mol. The Morgan fingerprint density at radius 2 is 1.91 bits per heavy atom. The highest BCUT2D eigenvalue weighted by atomic mass is 16.1. The first-order valence-corrected chi connectivity index (χ1v) is 11.5. The topological polar surface area (TPSA) is 124 Å². The van der Waals surface area contributed by atoms with Gasteiger partial charge in [-0.2, -0.15) is 5.10 Å². The lowest BCUT2D eigenvalue weighted by Gasteiger charge is -2.21. The second-order valence-corrected chi connectivity index (χ2v) is 8.72. The van der Waals surface area contributed by atoms with Gasteiger partial charge in [-0.3, -0.25) is 14.9 Å². The third kappa shape index (κ3) is 4.01. The van der Waals surface area contributed by atoms with Gasteiger partial charge in [-0.25, -0.2) is 9.97 Å². The molecule has 0 atom stereocenters. The first-order valence-electron chi connectivity index (χ1n) is 11.5. The number of rotatable bonds is 5. The van der Waals surface area contributed by atoms with Crippen molar-refractivity contribution in [3.05, 3.63) is 55.1 Å². The number of piperidine rings is 1. The molecule has 0 unspecified atom stereocenters. The van der Waals surface area contributed by atoms with Gasteiger partial charge in [0, 0.05) is 46.9 Å². The molecule has 9 heteroatoms. The second kappa shape index (κ2) is 8.68. The van der Waals surface area contributed by atoms with E-state index in [-0.39, 0.29) is 5.91 Å². The van der Waals surface area contributed by atoms with Crippen molar-refractivity contribution < 1.29 is 4.79 Å². The maximum absolute atomic E-state index is 12.6. The van der Waals surface area contributed by atoms with Gasteiger partial charge in [-0.15, -0.1) is 0 Å². The van der Waals surface area contributed by atoms with Gasteiger partial charge >= 0.3 is 0 Å². The van der Waals surface area contributed by atoms with E-state index in [1.807, 2.05) is 30.3 Å². The molecule has 1 fully saturated rings. The van der Waals surface area contributed by atoms with Crippen LogP contribution in [-0.2, 0) is 4.79 Å². The van der Waals surface area contributed by atoms with Gasteiger partial charge in [-0.05, 0) is 62.2 Å². The molecule has 9 nitrogen and oxygen atoms in total. The van der Waals surface area contributed by atoms with Crippen LogP contribution in [0.25, 0.3) is 44.6 Å². The number of hydrogen-bond acceptors (Lipinski definition) is 6. The lowest BCUT2D eigenvalue weighted by atomic mass is 9.94. The van der Waals surface area contributed by atoms with Gasteiger partial charge < -0.3 is 15.6 Å². The molecule has 5 aromatic rings. The summed E-state index contributed by atoms with van der Waals surface area (Å²) in [6.45, 7) is 1.96. The Morgan fingerprint density at radius 1 is 1.03 bits per heavy atom. The van der Waals surface area contributed by atoms with E-state index in [2.05, 4.69) is 40.8 Å². The predicted molar refractivity (Wildman–Crippen MR) is 131 cm³/mol. The summed E-state index contributed by atoms with van der Waals surface area (Å²) in [5, 5.41) is 15.8. The van der Waals surface area contributed by atoms with E-state index < -0.39 is 0 Å². The van der Waals surface area contributed by atoms with Crippen molar-refractivity contribution in [3.8, 4) is 22.5 Å². The molecule has 4 N–H and O–H groups in total. The van der Waals surface area contributed by atoms with Crippen LogP contribution in [0.2, 0.25) is 0 Å². The summed E-state index contributed by atoms with van der Waals surface area (Å²) in [6, 6.07) is 9.93. The number of anilines is 1. The van der Waals surface area contributed by atoms with Crippen LogP contribution in [0.5, 0.6) is 0 Å². The molecule has 0 bridgehead atoms. The first kappa shape index (κ1) is 20.5. The summed E-state index contributed by atoms with van der Waals surface area (Å²) in [7, 11) is 0. The van der Waals surface area contributed by atoms with Gasteiger partial charge in [-0.1, -0.05) is 0 Å². The standard InChI is InChI=1S/C25H24N8O/c34-22(8-15-3-6-26-7-4-15)30-19-9-17(12-27-14-19)18-10-20-23(32-33-25(20)29-13-18)21-11-16-2-1-5-28-24(16)31-21/h1-2,5,9-15,26H,3-4,6-8H2,(H,28,31)(H,30,34)(H,29,32,33). The summed E-state index contributed by atoms with van der Waals surface area (Å²) in [5.41, 5.74) is 5.62. The van der Waals surface area contributed by atoms with Gasteiger partial charge in [0.15, 0.2) is 5.65 Å². The fraction of sp³-hybridized carbons (Fsp3) is 0.240. The number of fused-ring (bicyclic) bond motifs is 2. The Balaban J connectivity index is 1.27. The van der Waals surface area contributed by atoms with E-state index in [9.17, 15) is 4.79 Å². The third-order valence-electron chi connectivity index (χ3n) is 6.35. The zero-order valence-corrected chi connectivity index (χ0v) is 18.5. The van der Waals surface area contributed by atoms with Crippen molar-refractivity contribution in [2.75, 3.05) is 18.4 Å². The van der Waals surface area contributed by atoms with Crippen molar-refractivity contribution in [2.24, 2.45) is 5.92 Å². The molecule has 34 heavy (non-hydrogen) atoms. The molecule has 1 saturated heterocycles. The van der Waals surface area contributed by atoms with Gasteiger partial charge in [0.05, 0.1) is 17.6 Å². The van der Waals surface area contributed by atoms with Crippen molar-refractivity contribution in [1.29, 1.82) is 0 Å². The van der Waals surface area contributed by atoms with Crippen LogP contribution in [0.15, 0.2) is 55.1 Å². The summed E-state index contributed by atoms with van der Waals surface area (Å²) in [4.78, 5) is 29.2. The smallest absolute Gasteiger partial charge is 0.224 e. The number of aromatic amines is 2. The third-order valence-corrected chi connectivity index (χ3v) is 6.35. The van der Waals surface area contributed by atoms with E-state index in [1.165, 1.54) is 0 Å². The summed E-state index contributed by atoms with van der Waals surface area (Å²) in [6.07, 6.45) is 9.62. The number of aromatic nitrogens is 6. The molecule has 5 aromatic heterocycles. The highest BCUT2D eigenvalue weighted by Crippen LogP contribution is 2.31. The SMILES string of the molecule is O=C(CC1CCNCC1)Nc1cncc(-c2cnc3[nH]nc(-c4cc5cccnc5[nH]4)c3c2)c1. The minimum absolute atomic E-state index is 0.0315. The number of carbonyl (C=O) groups is 1. The highest BCUT2D eigenvalue weighted by molar-refractivity contribution is 5.96. The molecule has 1 aliphatic heterocycles. The average Bonchev–Trinajstić information content (AvgIpc) is 3.48. The molecule has 6 rings (SSSR count). The Bertz CT molecular complexity index is 1450. The largest absolute Gasteiger partial charge is 0.338 e. The molecule has 0 spiro atoms. The Morgan fingerprint density at radius 3 is 2.79 bits per heavy atom. The minimum atomic E-state index is 0.0315. The van der Waals surface area contributed by atoms with E-state index in [0.29, 0.717) is 23.7 Å². The van der Waals surface area contributed by atoms with Gasteiger partial charge in [0.1, 0.15) is 11.3 Å². The first-order chi connectivity index (χ1) is 16.7. The van der Waals surface area contributed by atoms with E-state index in [4.69, 9.17) is 0 Å². The molecule has 6 heterocycles. The molecule has 0 radical (unpaired) electrons. The van der Waals surface area contributed by atoms with Gasteiger partial charge in [0.25, 0.3) is 0 Å². The number of nitrogens with one attached hydrogen (secondary N) is 4. The zero-order chi connectivity index (χ0) is 22.9. The Labute approximate surface area is 195 Å². The monoisotopic (exact) mass is 452 g/mol. The average molecular weight is 453 g/mol. The van der Waals surface area contributed by atoms with E-state index in [0.717, 1.165) is 64.9 Å². The predicted octanol–water partition coefficient (Wildman–Crippen LogP) is 3.89. The van der Waals surface area contributed by atoms with Crippen molar-refractivity contribution in [3.63, 3.8) is 0 Å². The number of carbonyl (C=O) groups excluding carboxylic acids is 1. The second-order valence-electron chi connectivity index (χ2n) is 8.72. The van der Waals surface area contributed by atoms with E-state index >= 15 is 0 Å². The normalized spacial score (nSPS) is 14.6. The van der Waals surface area contributed by atoms with Crippen molar-refractivity contribution in [2.45, 2.75) is 19.3 Å². The lowest BCUT2D eigenvalue weighted by molar-refractivity contribution is -0.117. The number of H-pyrrole nitrogens is 2. The van der Waals surface area contributed by atoms with Crippen molar-refractivity contribution in [1.82, 2.24) is 35.5 Å². The maximum atomic E-state index is 12.6. The number of nitrogens with zero attached hydrogens (tertiary/aromatic N) is 4. The zero-order valence-electron chi connectivity index (χ0n) is 18.5. The van der Waals surface area contributed by atoms with Crippen molar-refractivity contribution >= 4 is 33.7 Å². The summed E-state index contributed by atoms with van der Waals surface area (Å²) < 4.78 is 0. The summed E-state index contributed by atoms with van der Waals surface area (Å²) in [5.74, 6) is 0.465. The Kier molecular flexibility index (Phi) is 5.23. The highest BCUT2D eigenvalue weighted by Gasteiger charge is 2.17. The summed E-state index contributed by atoms with van der Waals surface area (Å²) >= 11 is 0. The maximum Gasteiger partial charge on any atom is 0.224 e. The molecule has 1 amide bonds. The number of hydrogen-bond donors (Lipinski definition) is 4. The minimum Gasteiger partial charge on any atom is -0.338 e. The molecule has 1 aliphatic rings. The molecule has 170 valence electrons. The number of pyridine rings is 3. The van der Waals surface area contributed by atoms with Crippen LogP contribution >= 0.6 is 0 Å². The van der Waals surface area contributed by atoms with Crippen LogP contribution in [0, 0.1) is 5.92 Å². The van der Waals surface area contributed by atoms with Crippen LogP contribution in [0.1, 0.15) is 19.3 Å². The van der Waals surface area contributed by atoms with Crippen LogP contribution in [0.4, 0.5) is 5.69 Å². The van der Waals surface area contributed by atoms with E-state index in [1.54, 1.807) is 24.8 Å². The molecular formula is C25H24N8O. The fourth-order valence-electron chi connectivity index (χ4n) is 4.58. The Hall–Kier alpha value is -4.11. The van der Waals surface area contributed by atoms with Crippen LogP contribution < -0.4 is 10.6 Å². The lowest BCUT2D eigenvalue weighted by Crippen LogP contribution is -2.30. The number of amides is 1. The van der Waals surface area contributed by atoms with Gasteiger partial charge in [0.2, 0.25) is 5.91 Å².